The lowest BCUT2D eigenvalue weighted by Gasteiger charge is -2.25. The minimum absolute atomic E-state index is 0.310. The molecule has 0 bridgehead atoms. The third-order valence-electron chi connectivity index (χ3n) is 3.39. The van der Waals surface area contributed by atoms with E-state index in [9.17, 15) is 4.79 Å². The second-order valence-electron chi connectivity index (χ2n) is 4.40. The zero-order valence-electron chi connectivity index (χ0n) is 9.29. The van der Waals surface area contributed by atoms with Crippen molar-refractivity contribution in [2.24, 2.45) is 4.99 Å². The van der Waals surface area contributed by atoms with E-state index in [1.165, 1.54) is 11.1 Å². The van der Waals surface area contributed by atoms with E-state index in [1.54, 1.807) is 6.08 Å². The molecular weight excluding hydrogens is 266 g/mol. The van der Waals surface area contributed by atoms with Crippen molar-refractivity contribution in [3.8, 4) is 0 Å². The Balaban J connectivity index is 2.54. The van der Waals surface area contributed by atoms with Gasteiger partial charge in [-0.15, -0.1) is 0 Å². The van der Waals surface area contributed by atoms with Gasteiger partial charge in [0.2, 0.25) is 6.08 Å². The molecule has 1 fully saturated rings. The summed E-state index contributed by atoms with van der Waals surface area (Å²) in [5.74, 6) is 0. The van der Waals surface area contributed by atoms with E-state index in [0.29, 0.717) is 0 Å². The molecule has 0 radical (unpaired) electrons. The monoisotopic (exact) mass is 279 g/mol. The van der Waals surface area contributed by atoms with Gasteiger partial charge in [0.1, 0.15) is 0 Å². The molecule has 0 aromatic heterocycles. The van der Waals surface area contributed by atoms with Crippen molar-refractivity contribution >= 4 is 22.0 Å². The summed E-state index contributed by atoms with van der Waals surface area (Å²) in [5.41, 5.74) is 2.06. The van der Waals surface area contributed by atoms with Gasteiger partial charge in [-0.3, -0.25) is 0 Å². The third kappa shape index (κ3) is 1.98. The van der Waals surface area contributed by atoms with E-state index in [-0.39, 0.29) is 5.54 Å². The fourth-order valence-corrected chi connectivity index (χ4v) is 2.95. The minimum atomic E-state index is -0.310. The Morgan fingerprint density at radius 2 is 2.06 bits per heavy atom. The summed E-state index contributed by atoms with van der Waals surface area (Å²) in [5, 5.41) is 0. The Morgan fingerprint density at radius 3 is 2.69 bits per heavy atom. The standard InChI is InChI=1S/C13H14BrNO/c1-10-4-5-11(14)8-12(10)13(15-9-16)6-2-3-7-13/h4-5,8H,2-3,6-7H2,1H3. The van der Waals surface area contributed by atoms with E-state index in [0.717, 1.165) is 30.2 Å². The van der Waals surface area contributed by atoms with Crippen LogP contribution in [0.5, 0.6) is 0 Å². The van der Waals surface area contributed by atoms with Gasteiger partial charge < -0.3 is 0 Å². The zero-order chi connectivity index (χ0) is 11.6. The van der Waals surface area contributed by atoms with Gasteiger partial charge >= 0.3 is 0 Å². The Morgan fingerprint density at radius 1 is 1.38 bits per heavy atom. The lowest BCUT2D eigenvalue weighted by molar-refractivity contribution is 0.453. The highest BCUT2D eigenvalue weighted by molar-refractivity contribution is 9.10. The Kier molecular flexibility index (Phi) is 3.27. The van der Waals surface area contributed by atoms with Crippen molar-refractivity contribution in [2.75, 3.05) is 0 Å². The van der Waals surface area contributed by atoms with Crippen molar-refractivity contribution in [2.45, 2.75) is 38.1 Å². The number of nitrogens with zero attached hydrogens (tertiary/aromatic N) is 1. The first-order valence-electron chi connectivity index (χ1n) is 5.54. The molecule has 0 saturated heterocycles. The van der Waals surface area contributed by atoms with E-state index < -0.39 is 0 Å². The van der Waals surface area contributed by atoms with E-state index in [4.69, 9.17) is 0 Å². The summed E-state index contributed by atoms with van der Waals surface area (Å²) in [7, 11) is 0. The van der Waals surface area contributed by atoms with Crippen LogP contribution in [0.3, 0.4) is 0 Å². The normalized spacial score (nSPS) is 18.1. The maximum atomic E-state index is 10.6. The van der Waals surface area contributed by atoms with Crippen LogP contribution in [0.4, 0.5) is 0 Å². The summed E-state index contributed by atoms with van der Waals surface area (Å²) in [6, 6.07) is 6.17. The van der Waals surface area contributed by atoms with Crippen molar-refractivity contribution in [1.29, 1.82) is 0 Å². The van der Waals surface area contributed by atoms with Crippen LogP contribution in [0, 0.1) is 6.92 Å². The van der Waals surface area contributed by atoms with Crippen molar-refractivity contribution in [1.82, 2.24) is 0 Å². The molecule has 1 aromatic carbocycles. The summed E-state index contributed by atoms with van der Waals surface area (Å²) in [4.78, 5) is 14.7. The lowest BCUT2D eigenvalue weighted by atomic mass is 9.86. The van der Waals surface area contributed by atoms with Gasteiger partial charge in [-0.1, -0.05) is 34.8 Å². The van der Waals surface area contributed by atoms with Crippen LogP contribution in [-0.4, -0.2) is 6.08 Å². The molecule has 1 saturated carbocycles. The van der Waals surface area contributed by atoms with Crippen molar-refractivity contribution in [3.05, 3.63) is 33.8 Å². The average molecular weight is 280 g/mol. The molecule has 1 aromatic rings. The van der Waals surface area contributed by atoms with E-state index >= 15 is 0 Å². The lowest BCUT2D eigenvalue weighted by Crippen LogP contribution is -2.20. The fourth-order valence-electron chi connectivity index (χ4n) is 2.58. The van der Waals surface area contributed by atoms with Gasteiger partial charge in [-0.05, 0) is 43.0 Å². The van der Waals surface area contributed by atoms with Crippen LogP contribution >= 0.6 is 15.9 Å². The van der Waals surface area contributed by atoms with Crippen molar-refractivity contribution in [3.63, 3.8) is 0 Å². The Bertz CT molecular complexity index is 443. The van der Waals surface area contributed by atoms with Gasteiger partial charge in [0.05, 0.1) is 5.54 Å². The van der Waals surface area contributed by atoms with Crippen LogP contribution in [0.2, 0.25) is 0 Å². The molecule has 0 amide bonds. The van der Waals surface area contributed by atoms with Crippen LogP contribution in [0.15, 0.2) is 27.7 Å². The van der Waals surface area contributed by atoms with Crippen LogP contribution in [0.1, 0.15) is 36.8 Å². The number of benzene rings is 1. The quantitative estimate of drug-likeness (QED) is 0.597. The van der Waals surface area contributed by atoms with Gasteiger partial charge in [0, 0.05) is 4.47 Å². The first kappa shape index (κ1) is 11.6. The molecule has 2 nitrogen and oxygen atoms in total. The highest BCUT2D eigenvalue weighted by Gasteiger charge is 2.36. The summed E-state index contributed by atoms with van der Waals surface area (Å²) >= 11 is 3.48. The molecule has 0 aliphatic heterocycles. The molecule has 0 N–H and O–H groups in total. The predicted octanol–water partition coefficient (Wildman–Crippen LogP) is 3.86. The van der Waals surface area contributed by atoms with Crippen LogP contribution < -0.4 is 0 Å². The number of halogens is 1. The number of carbonyl (C=O) groups excluding carboxylic acids is 1. The molecule has 2 rings (SSSR count). The van der Waals surface area contributed by atoms with Gasteiger partial charge in [0.15, 0.2) is 0 Å². The number of hydrogen-bond donors (Lipinski definition) is 0. The molecule has 84 valence electrons. The van der Waals surface area contributed by atoms with Gasteiger partial charge in [0.25, 0.3) is 0 Å². The smallest absolute Gasteiger partial charge is 0.211 e. The van der Waals surface area contributed by atoms with Crippen molar-refractivity contribution < 1.29 is 4.79 Å². The summed E-state index contributed by atoms with van der Waals surface area (Å²) in [6.45, 7) is 2.07. The van der Waals surface area contributed by atoms with Gasteiger partial charge in [-0.2, -0.15) is 4.99 Å². The van der Waals surface area contributed by atoms with Crippen LogP contribution in [-0.2, 0) is 10.3 Å². The largest absolute Gasteiger partial charge is 0.235 e. The molecule has 0 unspecified atom stereocenters. The first-order chi connectivity index (χ1) is 7.68. The zero-order valence-corrected chi connectivity index (χ0v) is 10.9. The maximum absolute atomic E-state index is 10.6. The molecule has 16 heavy (non-hydrogen) atoms. The number of rotatable bonds is 2. The molecule has 0 heterocycles. The second kappa shape index (κ2) is 4.52. The highest BCUT2D eigenvalue weighted by Crippen LogP contribution is 2.43. The number of aryl methyl sites for hydroxylation is 1. The molecule has 1 aliphatic rings. The summed E-state index contributed by atoms with van der Waals surface area (Å²) in [6.07, 6.45) is 5.94. The molecule has 3 heteroatoms. The molecule has 0 spiro atoms. The Hall–Kier alpha value is -0.920. The molecule has 0 atom stereocenters. The minimum Gasteiger partial charge on any atom is -0.211 e. The summed E-state index contributed by atoms with van der Waals surface area (Å²) < 4.78 is 1.04. The Labute approximate surface area is 104 Å². The number of aliphatic imine (C=N–C) groups is 1. The third-order valence-corrected chi connectivity index (χ3v) is 3.88. The molecule has 1 aliphatic carbocycles. The molecular formula is C13H14BrNO. The SMILES string of the molecule is Cc1ccc(Br)cc1C1(N=C=O)CCCC1. The number of hydrogen-bond acceptors (Lipinski definition) is 2. The second-order valence-corrected chi connectivity index (χ2v) is 5.32. The van der Waals surface area contributed by atoms with E-state index in [1.807, 2.05) is 6.07 Å². The average Bonchev–Trinajstić information content (AvgIpc) is 2.72. The highest BCUT2D eigenvalue weighted by atomic mass is 79.9. The fraction of sp³-hybridized carbons (Fsp3) is 0.462. The van der Waals surface area contributed by atoms with Crippen LogP contribution in [0.25, 0.3) is 0 Å². The topological polar surface area (TPSA) is 29.4 Å². The van der Waals surface area contributed by atoms with Gasteiger partial charge in [-0.25, -0.2) is 4.79 Å². The van der Waals surface area contributed by atoms with E-state index in [2.05, 4.69) is 40.0 Å². The first-order valence-corrected chi connectivity index (χ1v) is 6.33. The maximum Gasteiger partial charge on any atom is 0.235 e. The predicted molar refractivity (Wildman–Crippen MR) is 67.1 cm³/mol. The number of isocyanates is 1.